The van der Waals surface area contributed by atoms with Crippen LogP contribution in [0.25, 0.3) is 0 Å². The van der Waals surface area contributed by atoms with Gasteiger partial charge >= 0.3 is 0 Å². The number of rotatable bonds is 10. The van der Waals surface area contributed by atoms with E-state index in [9.17, 15) is 5.11 Å². The fourth-order valence-electron chi connectivity index (χ4n) is 1.77. The first-order valence-corrected chi connectivity index (χ1v) is 7.45. The summed E-state index contributed by atoms with van der Waals surface area (Å²) < 4.78 is 16.0. The van der Waals surface area contributed by atoms with Crippen LogP contribution in [0.15, 0.2) is 12.1 Å². The van der Waals surface area contributed by atoms with E-state index in [1.807, 2.05) is 26.0 Å². The van der Waals surface area contributed by atoms with Crippen LogP contribution in [-0.4, -0.2) is 44.7 Å². The zero-order valence-electron chi connectivity index (χ0n) is 12.8. The Morgan fingerprint density at radius 2 is 2.05 bits per heavy atom. The van der Waals surface area contributed by atoms with Gasteiger partial charge in [-0.15, -0.1) is 0 Å². The van der Waals surface area contributed by atoms with E-state index in [0.717, 1.165) is 12.1 Å². The van der Waals surface area contributed by atoms with Crippen LogP contribution in [0.2, 0.25) is 5.02 Å². The number of halogens is 1. The summed E-state index contributed by atoms with van der Waals surface area (Å²) in [6, 6.07) is 3.70. The quantitative estimate of drug-likeness (QED) is 0.693. The van der Waals surface area contributed by atoms with E-state index < -0.39 is 6.10 Å². The van der Waals surface area contributed by atoms with Crippen molar-refractivity contribution in [3.63, 3.8) is 0 Å². The molecule has 1 atom stereocenters. The molecule has 0 amide bonds. The summed E-state index contributed by atoms with van der Waals surface area (Å²) >= 11 is 6.23. The summed E-state index contributed by atoms with van der Waals surface area (Å²) in [6.45, 7) is 6.38. The van der Waals surface area contributed by atoms with Gasteiger partial charge in [0, 0.05) is 13.2 Å². The Morgan fingerprint density at radius 3 is 2.67 bits per heavy atom. The van der Waals surface area contributed by atoms with Crippen molar-refractivity contribution in [3.8, 4) is 11.5 Å². The van der Waals surface area contributed by atoms with Gasteiger partial charge in [-0.05, 0) is 31.2 Å². The van der Waals surface area contributed by atoms with Gasteiger partial charge in [0.05, 0.1) is 18.7 Å². The van der Waals surface area contributed by atoms with Crippen molar-refractivity contribution in [2.75, 3.05) is 33.5 Å². The highest BCUT2D eigenvalue weighted by Crippen LogP contribution is 2.36. The Morgan fingerprint density at radius 1 is 1.29 bits per heavy atom. The van der Waals surface area contributed by atoms with E-state index in [-0.39, 0.29) is 13.2 Å². The van der Waals surface area contributed by atoms with E-state index in [2.05, 4.69) is 5.32 Å². The molecule has 0 fully saturated rings. The molecule has 1 rings (SSSR count). The van der Waals surface area contributed by atoms with Crippen LogP contribution in [0, 0.1) is 0 Å². The summed E-state index contributed by atoms with van der Waals surface area (Å²) in [5.74, 6) is 0.994. The fraction of sp³-hybridized carbons (Fsp3) is 0.600. The second kappa shape index (κ2) is 9.84. The summed E-state index contributed by atoms with van der Waals surface area (Å²) in [5.41, 5.74) is 1.01. The molecule has 0 aliphatic rings. The smallest absolute Gasteiger partial charge is 0.179 e. The lowest BCUT2D eigenvalue weighted by Crippen LogP contribution is -2.23. The number of aliphatic hydroxyl groups is 1. The number of nitrogens with one attached hydrogen (secondary N) is 1. The first kappa shape index (κ1) is 18.0. The van der Waals surface area contributed by atoms with Crippen LogP contribution >= 0.6 is 11.6 Å². The molecule has 5 nitrogen and oxygen atoms in total. The average Bonchev–Trinajstić information content (AvgIpc) is 2.49. The lowest BCUT2D eigenvalue weighted by Gasteiger charge is -2.16. The van der Waals surface area contributed by atoms with Crippen molar-refractivity contribution >= 4 is 11.6 Å². The summed E-state index contributed by atoms with van der Waals surface area (Å²) in [4.78, 5) is 0. The molecule has 120 valence electrons. The van der Waals surface area contributed by atoms with Crippen LogP contribution in [0.1, 0.15) is 19.4 Å². The number of hydrogen-bond donors (Lipinski definition) is 2. The molecule has 0 heterocycles. The second-order valence-corrected chi connectivity index (χ2v) is 4.92. The maximum atomic E-state index is 9.72. The Labute approximate surface area is 131 Å². The highest BCUT2D eigenvalue weighted by Gasteiger charge is 2.14. The Bertz CT molecular complexity index is 428. The van der Waals surface area contributed by atoms with Gasteiger partial charge in [-0.1, -0.05) is 18.5 Å². The minimum Gasteiger partial charge on any atom is -0.493 e. The molecule has 0 aliphatic carbocycles. The van der Waals surface area contributed by atoms with Crippen molar-refractivity contribution in [1.82, 2.24) is 5.32 Å². The first-order valence-electron chi connectivity index (χ1n) is 7.08. The van der Waals surface area contributed by atoms with Gasteiger partial charge in [-0.3, -0.25) is 0 Å². The second-order valence-electron chi connectivity index (χ2n) is 4.51. The van der Waals surface area contributed by atoms with Gasteiger partial charge in [-0.2, -0.15) is 0 Å². The third-order valence-electron chi connectivity index (χ3n) is 2.80. The largest absolute Gasteiger partial charge is 0.493 e. The van der Waals surface area contributed by atoms with Gasteiger partial charge in [0.15, 0.2) is 11.5 Å². The van der Waals surface area contributed by atoms with Gasteiger partial charge in [-0.25, -0.2) is 0 Å². The highest BCUT2D eigenvalue weighted by molar-refractivity contribution is 6.32. The van der Waals surface area contributed by atoms with Gasteiger partial charge in [0.25, 0.3) is 0 Å². The molecule has 0 radical (unpaired) electrons. The predicted octanol–water partition coefficient (Wildman–Crippen LogP) is 2.23. The summed E-state index contributed by atoms with van der Waals surface area (Å²) in [7, 11) is 1.56. The molecule has 1 unspecified atom stereocenters. The van der Waals surface area contributed by atoms with Crippen molar-refractivity contribution in [3.05, 3.63) is 22.7 Å². The van der Waals surface area contributed by atoms with Crippen molar-refractivity contribution in [2.45, 2.75) is 26.5 Å². The zero-order valence-corrected chi connectivity index (χ0v) is 13.6. The monoisotopic (exact) mass is 317 g/mol. The van der Waals surface area contributed by atoms with Gasteiger partial charge in [0.2, 0.25) is 0 Å². The average molecular weight is 318 g/mol. The zero-order chi connectivity index (χ0) is 15.7. The molecule has 0 aliphatic heterocycles. The van der Waals surface area contributed by atoms with E-state index in [1.165, 1.54) is 0 Å². The molecule has 0 saturated carbocycles. The molecular formula is C15H24ClNO4. The number of hydrogen-bond acceptors (Lipinski definition) is 5. The topological polar surface area (TPSA) is 60.0 Å². The van der Waals surface area contributed by atoms with Gasteiger partial charge < -0.3 is 24.6 Å². The minimum atomic E-state index is -0.702. The van der Waals surface area contributed by atoms with Crippen LogP contribution < -0.4 is 14.8 Å². The fourth-order valence-corrected chi connectivity index (χ4v) is 2.05. The van der Waals surface area contributed by atoms with E-state index >= 15 is 0 Å². The van der Waals surface area contributed by atoms with Crippen molar-refractivity contribution < 1.29 is 19.3 Å². The lowest BCUT2D eigenvalue weighted by atomic mass is 10.2. The van der Waals surface area contributed by atoms with Crippen LogP contribution in [0.5, 0.6) is 11.5 Å². The molecule has 0 bridgehead atoms. The lowest BCUT2D eigenvalue weighted by molar-refractivity contribution is 0.0160. The van der Waals surface area contributed by atoms with Crippen LogP contribution in [0.3, 0.4) is 0 Å². The Balaban J connectivity index is 2.72. The molecule has 1 aromatic carbocycles. The van der Waals surface area contributed by atoms with Crippen molar-refractivity contribution in [1.29, 1.82) is 0 Å². The number of ether oxygens (including phenoxy) is 3. The molecular weight excluding hydrogens is 294 g/mol. The molecule has 21 heavy (non-hydrogen) atoms. The van der Waals surface area contributed by atoms with Crippen LogP contribution in [0.4, 0.5) is 0 Å². The molecule has 0 spiro atoms. The molecule has 0 aromatic heterocycles. The third-order valence-corrected chi connectivity index (χ3v) is 3.08. The number of methoxy groups -OCH3 is 1. The minimum absolute atomic E-state index is 0.0998. The molecule has 1 aromatic rings. The summed E-state index contributed by atoms with van der Waals surface area (Å²) in [5, 5.41) is 13.4. The standard InChI is InChI=1S/C15H24ClNO4/c1-4-17-8-11-6-13(16)15(14(7-11)19-3)21-10-12(18)9-20-5-2/h6-7,12,17-18H,4-5,8-10H2,1-3H3. The maximum absolute atomic E-state index is 9.72. The van der Waals surface area contributed by atoms with E-state index in [4.69, 9.17) is 25.8 Å². The van der Waals surface area contributed by atoms with Crippen LogP contribution in [-0.2, 0) is 11.3 Å². The molecule has 0 saturated heterocycles. The van der Waals surface area contributed by atoms with Crippen molar-refractivity contribution in [2.24, 2.45) is 0 Å². The highest BCUT2D eigenvalue weighted by atomic mass is 35.5. The maximum Gasteiger partial charge on any atom is 0.179 e. The third kappa shape index (κ3) is 6.09. The van der Waals surface area contributed by atoms with E-state index in [0.29, 0.717) is 29.7 Å². The predicted molar refractivity (Wildman–Crippen MR) is 83.4 cm³/mol. The van der Waals surface area contributed by atoms with Gasteiger partial charge in [0.1, 0.15) is 12.7 Å². The molecule has 2 N–H and O–H groups in total. The normalized spacial score (nSPS) is 12.2. The first-order chi connectivity index (χ1) is 10.1. The number of aliphatic hydroxyl groups excluding tert-OH is 1. The summed E-state index contributed by atoms with van der Waals surface area (Å²) in [6.07, 6.45) is -0.702. The Kier molecular flexibility index (Phi) is 8.45. The van der Waals surface area contributed by atoms with E-state index in [1.54, 1.807) is 7.11 Å². The Hall–Kier alpha value is -1.01. The SMILES string of the molecule is CCNCc1cc(Cl)c(OCC(O)COCC)c(OC)c1. The molecule has 6 heteroatoms. The number of benzene rings is 1.